The highest BCUT2D eigenvalue weighted by atomic mass is 14.2. The van der Waals surface area contributed by atoms with Crippen molar-refractivity contribution >= 4 is 0 Å². The molecule has 0 atom stereocenters. The molecule has 0 N–H and O–H groups in total. The minimum Gasteiger partial charge on any atom is -0.0888 e. The van der Waals surface area contributed by atoms with E-state index in [9.17, 15) is 0 Å². The maximum atomic E-state index is 2.32. The summed E-state index contributed by atoms with van der Waals surface area (Å²) in [6.45, 7) is 2.18. The predicted molar refractivity (Wildman–Crippen MR) is 36.8 cm³/mol. The molecule has 0 spiro atoms. The van der Waals surface area contributed by atoms with Crippen LogP contribution in [0.3, 0.4) is 0 Å². The van der Waals surface area contributed by atoms with Crippen molar-refractivity contribution in [3.63, 3.8) is 0 Å². The van der Waals surface area contributed by atoms with Crippen molar-refractivity contribution in [3.05, 3.63) is 12.2 Å². The molecule has 8 heavy (non-hydrogen) atoms. The van der Waals surface area contributed by atoms with E-state index in [0.717, 1.165) is 5.92 Å². The lowest BCUT2D eigenvalue weighted by Gasteiger charge is -1.82. The molecule has 0 heteroatoms. The van der Waals surface area contributed by atoms with Gasteiger partial charge in [0.1, 0.15) is 0 Å². The second kappa shape index (κ2) is 2.91. The second-order valence-corrected chi connectivity index (χ2v) is 2.56. The van der Waals surface area contributed by atoms with Crippen LogP contribution in [0.15, 0.2) is 12.2 Å². The molecule has 0 aromatic heterocycles. The molecule has 1 rings (SSSR count). The van der Waals surface area contributed by atoms with Gasteiger partial charge in [-0.25, -0.2) is 0 Å². The van der Waals surface area contributed by atoms with Crippen molar-refractivity contribution in [1.82, 2.24) is 0 Å². The highest BCUT2D eigenvalue weighted by Gasteiger charge is 2.18. The predicted octanol–water partition coefficient (Wildman–Crippen LogP) is 2.75. The summed E-state index contributed by atoms with van der Waals surface area (Å²) < 4.78 is 0. The first-order valence-corrected chi connectivity index (χ1v) is 3.58. The molecule has 46 valence electrons. The Morgan fingerprint density at radius 2 is 2.12 bits per heavy atom. The molecule has 0 aromatic rings. The van der Waals surface area contributed by atoms with Crippen molar-refractivity contribution < 1.29 is 0 Å². The van der Waals surface area contributed by atoms with Gasteiger partial charge in [-0.15, -0.1) is 0 Å². The van der Waals surface area contributed by atoms with Crippen LogP contribution in [-0.2, 0) is 0 Å². The van der Waals surface area contributed by atoms with Gasteiger partial charge in [0.25, 0.3) is 0 Å². The summed E-state index contributed by atoms with van der Waals surface area (Å²) in [6, 6.07) is 0. The van der Waals surface area contributed by atoms with E-state index in [4.69, 9.17) is 0 Å². The molecule has 1 aliphatic carbocycles. The summed E-state index contributed by atoms with van der Waals surface area (Å²) in [6.07, 6.45) is 10.1. The van der Waals surface area contributed by atoms with Crippen LogP contribution < -0.4 is 0 Å². The molecule has 1 fully saturated rings. The molecule has 0 nitrogen and oxygen atoms in total. The largest absolute Gasteiger partial charge is 0.0888 e. The third kappa shape index (κ3) is 2.15. The topological polar surface area (TPSA) is 0 Å². The van der Waals surface area contributed by atoms with E-state index in [0.29, 0.717) is 0 Å². The molecule has 0 radical (unpaired) electrons. The van der Waals surface area contributed by atoms with Crippen molar-refractivity contribution in [2.45, 2.75) is 32.6 Å². The molecule has 0 aliphatic heterocycles. The van der Waals surface area contributed by atoms with E-state index in [-0.39, 0.29) is 0 Å². The summed E-state index contributed by atoms with van der Waals surface area (Å²) in [5.74, 6) is 1.07. The Balaban J connectivity index is 1.93. The van der Waals surface area contributed by atoms with E-state index in [1.165, 1.54) is 25.7 Å². The molecule has 0 bridgehead atoms. The highest BCUT2D eigenvalue weighted by Crippen LogP contribution is 2.32. The van der Waals surface area contributed by atoms with Crippen LogP contribution >= 0.6 is 0 Å². The van der Waals surface area contributed by atoms with Gasteiger partial charge in [-0.2, -0.15) is 0 Å². The SMILES string of the molecule is CC/C=C\CC1CC1. The average molecular weight is 110 g/mol. The lowest BCUT2D eigenvalue weighted by molar-refractivity contribution is 0.859. The van der Waals surface area contributed by atoms with E-state index in [1.54, 1.807) is 0 Å². The molecular weight excluding hydrogens is 96.1 g/mol. The summed E-state index contributed by atoms with van der Waals surface area (Å²) in [4.78, 5) is 0. The monoisotopic (exact) mass is 110 g/mol. The lowest BCUT2D eigenvalue weighted by Crippen LogP contribution is -1.66. The maximum absolute atomic E-state index is 2.32. The Morgan fingerprint density at radius 1 is 1.38 bits per heavy atom. The average Bonchev–Trinajstić information content (AvgIpc) is 2.51. The first-order valence-electron chi connectivity index (χ1n) is 3.58. The van der Waals surface area contributed by atoms with Crippen molar-refractivity contribution in [2.75, 3.05) is 0 Å². The molecule has 1 saturated carbocycles. The molecule has 0 saturated heterocycles. The molecule has 0 unspecified atom stereocenters. The van der Waals surface area contributed by atoms with Crippen molar-refractivity contribution in [1.29, 1.82) is 0 Å². The second-order valence-electron chi connectivity index (χ2n) is 2.56. The number of allylic oxidation sites excluding steroid dienone is 2. The van der Waals surface area contributed by atoms with Crippen LogP contribution in [0.2, 0.25) is 0 Å². The molecular formula is C8H14. The van der Waals surface area contributed by atoms with Gasteiger partial charge in [0.2, 0.25) is 0 Å². The van der Waals surface area contributed by atoms with Gasteiger partial charge in [-0.05, 0) is 31.6 Å². The molecule has 0 heterocycles. The van der Waals surface area contributed by atoms with Crippen LogP contribution in [0.5, 0.6) is 0 Å². The first-order chi connectivity index (χ1) is 3.93. The minimum atomic E-state index is 1.07. The van der Waals surface area contributed by atoms with Crippen LogP contribution in [-0.4, -0.2) is 0 Å². The quantitative estimate of drug-likeness (QED) is 0.490. The van der Waals surface area contributed by atoms with Gasteiger partial charge in [0.05, 0.1) is 0 Å². The number of rotatable bonds is 3. The summed E-state index contributed by atoms with van der Waals surface area (Å²) in [7, 11) is 0. The fourth-order valence-electron chi connectivity index (χ4n) is 0.809. The Morgan fingerprint density at radius 3 is 2.62 bits per heavy atom. The fourth-order valence-corrected chi connectivity index (χ4v) is 0.809. The zero-order valence-corrected chi connectivity index (χ0v) is 5.56. The Hall–Kier alpha value is -0.260. The van der Waals surface area contributed by atoms with Crippen molar-refractivity contribution in [2.24, 2.45) is 5.92 Å². The van der Waals surface area contributed by atoms with E-state index >= 15 is 0 Å². The maximum Gasteiger partial charge on any atom is -0.0322 e. The van der Waals surface area contributed by atoms with Crippen LogP contribution in [0, 0.1) is 5.92 Å². The van der Waals surface area contributed by atoms with Gasteiger partial charge in [-0.3, -0.25) is 0 Å². The van der Waals surface area contributed by atoms with Gasteiger partial charge in [0, 0.05) is 0 Å². The Bertz CT molecular complexity index is 78.0. The third-order valence-electron chi connectivity index (χ3n) is 1.57. The number of hydrogen-bond acceptors (Lipinski definition) is 0. The van der Waals surface area contributed by atoms with Crippen LogP contribution in [0.25, 0.3) is 0 Å². The van der Waals surface area contributed by atoms with E-state index in [2.05, 4.69) is 19.1 Å². The highest BCUT2D eigenvalue weighted by molar-refractivity contribution is 4.87. The number of hydrogen-bond donors (Lipinski definition) is 0. The Kier molecular flexibility index (Phi) is 2.13. The van der Waals surface area contributed by atoms with E-state index in [1.807, 2.05) is 0 Å². The lowest BCUT2D eigenvalue weighted by atomic mass is 10.2. The van der Waals surface area contributed by atoms with Crippen LogP contribution in [0.4, 0.5) is 0 Å². The van der Waals surface area contributed by atoms with E-state index < -0.39 is 0 Å². The standard InChI is InChI=1S/C8H14/c1-2-3-4-5-8-6-7-8/h3-4,8H,2,5-7H2,1H3/b4-3-. The fraction of sp³-hybridized carbons (Fsp3) is 0.750. The summed E-state index contributed by atoms with van der Waals surface area (Å²) in [5.41, 5.74) is 0. The summed E-state index contributed by atoms with van der Waals surface area (Å²) >= 11 is 0. The minimum absolute atomic E-state index is 1.07. The zero-order valence-electron chi connectivity index (χ0n) is 5.56. The summed E-state index contributed by atoms with van der Waals surface area (Å²) in [5, 5.41) is 0. The van der Waals surface area contributed by atoms with Gasteiger partial charge in [-0.1, -0.05) is 19.1 Å². The third-order valence-corrected chi connectivity index (χ3v) is 1.57. The first kappa shape index (κ1) is 5.87. The van der Waals surface area contributed by atoms with Crippen LogP contribution in [0.1, 0.15) is 32.6 Å². The smallest absolute Gasteiger partial charge is 0.0322 e. The van der Waals surface area contributed by atoms with Gasteiger partial charge in [0.15, 0.2) is 0 Å². The molecule has 0 aromatic carbocycles. The zero-order chi connectivity index (χ0) is 5.82. The van der Waals surface area contributed by atoms with Gasteiger partial charge >= 0.3 is 0 Å². The normalized spacial score (nSPS) is 20.1. The van der Waals surface area contributed by atoms with Crippen molar-refractivity contribution in [3.8, 4) is 0 Å². The molecule has 0 amide bonds. The Labute approximate surface area is 51.6 Å². The van der Waals surface area contributed by atoms with Gasteiger partial charge < -0.3 is 0 Å². The molecule has 1 aliphatic rings.